The number of amides is 1. The van der Waals surface area contributed by atoms with E-state index in [4.69, 9.17) is 4.42 Å². The van der Waals surface area contributed by atoms with Crippen molar-refractivity contribution in [3.05, 3.63) is 62.6 Å². The second-order valence-electron chi connectivity index (χ2n) is 4.22. The van der Waals surface area contributed by atoms with Crippen LogP contribution >= 0.6 is 27.3 Å². The number of anilines is 1. The van der Waals surface area contributed by atoms with Crippen molar-refractivity contribution in [3.63, 3.8) is 0 Å². The van der Waals surface area contributed by atoms with Gasteiger partial charge >= 0.3 is 6.01 Å². The summed E-state index contributed by atoms with van der Waals surface area (Å²) in [6.45, 7) is 0. The number of rotatable bonds is 4. The fraction of sp³-hybridized carbons (Fsp3) is 0.0714. The van der Waals surface area contributed by atoms with Gasteiger partial charge in [-0.05, 0) is 29.6 Å². The first kappa shape index (κ1) is 14.0. The molecule has 0 atom stereocenters. The fourth-order valence-corrected chi connectivity index (χ4v) is 2.83. The SMILES string of the molecule is O=C(Nc1nnc(Cc2cccs2)o1)c1cccc(Br)c1. The van der Waals surface area contributed by atoms with Gasteiger partial charge in [-0.15, -0.1) is 16.4 Å². The van der Waals surface area contributed by atoms with E-state index in [0.717, 1.165) is 9.35 Å². The normalized spacial score (nSPS) is 10.5. The van der Waals surface area contributed by atoms with Crippen LogP contribution in [0, 0.1) is 0 Å². The van der Waals surface area contributed by atoms with Crippen LogP contribution in [0.25, 0.3) is 0 Å². The van der Waals surface area contributed by atoms with Gasteiger partial charge < -0.3 is 4.42 Å². The third-order valence-electron chi connectivity index (χ3n) is 2.68. The Balaban J connectivity index is 1.68. The summed E-state index contributed by atoms with van der Waals surface area (Å²) < 4.78 is 6.25. The maximum absolute atomic E-state index is 12.0. The van der Waals surface area contributed by atoms with Crippen molar-refractivity contribution in [1.29, 1.82) is 0 Å². The lowest BCUT2D eigenvalue weighted by molar-refractivity contribution is 0.102. The molecule has 2 aromatic heterocycles. The highest BCUT2D eigenvalue weighted by molar-refractivity contribution is 9.10. The van der Waals surface area contributed by atoms with E-state index in [0.29, 0.717) is 17.9 Å². The quantitative estimate of drug-likeness (QED) is 0.766. The Hall–Kier alpha value is -1.99. The van der Waals surface area contributed by atoms with Gasteiger partial charge in [0.05, 0.1) is 6.42 Å². The highest BCUT2D eigenvalue weighted by Crippen LogP contribution is 2.17. The number of nitrogens with one attached hydrogen (secondary N) is 1. The predicted molar refractivity (Wildman–Crippen MR) is 83.5 cm³/mol. The van der Waals surface area contributed by atoms with Crippen LogP contribution in [0.15, 0.2) is 50.7 Å². The van der Waals surface area contributed by atoms with Crippen molar-refractivity contribution in [2.24, 2.45) is 0 Å². The van der Waals surface area contributed by atoms with Gasteiger partial charge in [-0.2, -0.15) is 0 Å². The monoisotopic (exact) mass is 363 g/mol. The highest BCUT2D eigenvalue weighted by Gasteiger charge is 2.12. The van der Waals surface area contributed by atoms with Crippen LogP contribution in [0.4, 0.5) is 6.01 Å². The zero-order chi connectivity index (χ0) is 14.7. The van der Waals surface area contributed by atoms with E-state index in [1.807, 2.05) is 23.6 Å². The summed E-state index contributed by atoms with van der Waals surface area (Å²) >= 11 is 4.94. The molecule has 21 heavy (non-hydrogen) atoms. The second-order valence-corrected chi connectivity index (χ2v) is 6.17. The Morgan fingerprint density at radius 1 is 1.29 bits per heavy atom. The summed E-state index contributed by atoms with van der Waals surface area (Å²) in [4.78, 5) is 13.2. The summed E-state index contributed by atoms with van der Waals surface area (Å²) in [5, 5.41) is 12.3. The van der Waals surface area contributed by atoms with Crippen molar-refractivity contribution in [3.8, 4) is 0 Å². The molecule has 106 valence electrons. The molecule has 0 saturated heterocycles. The lowest BCUT2D eigenvalue weighted by atomic mass is 10.2. The molecule has 3 aromatic rings. The van der Waals surface area contributed by atoms with E-state index < -0.39 is 0 Å². The van der Waals surface area contributed by atoms with E-state index in [2.05, 4.69) is 31.4 Å². The smallest absolute Gasteiger partial charge is 0.322 e. The van der Waals surface area contributed by atoms with Crippen LogP contribution in [0.1, 0.15) is 21.1 Å². The first-order valence-electron chi connectivity index (χ1n) is 6.12. The van der Waals surface area contributed by atoms with Crippen LogP contribution in [0.2, 0.25) is 0 Å². The maximum atomic E-state index is 12.0. The maximum Gasteiger partial charge on any atom is 0.322 e. The third kappa shape index (κ3) is 3.56. The molecular formula is C14H10BrN3O2S. The minimum absolute atomic E-state index is 0.103. The zero-order valence-electron chi connectivity index (χ0n) is 10.7. The first-order chi connectivity index (χ1) is 10.2. The molecule has 2 heterocycles. The molecule has 0 aliphatic heterocycles. The lowest BCUT2D eigenvalue weighted by Crippen LogP contribution is -2.11. The van der Waals surface area contributed by atoms with Gasteiger partial charge in [0.1, 0.15) is 0 Å². The molecule has 0 saturated carbocycles. The summed E-state index contributed by atoms with van der Waals surface area (Å²) in [6.07, 6.45) is 0.567. The highest BCUT2D eigenvalue weighted by atomic mass is 79.9. The summed E-state index contributed by atoms with van der Waals surface area (Å²) in [5.41, 5.74) is 0.516. The Morgan fingerprint density at radius 3 is 2.95 bits per heavy atom. The Morgan fingerprint density at radius 2 is 2.19 bits per heavy atom. The fourth-order valence-electron chi connectivity index (χ4n) is 1.74. The molecule has 5 nitrogen and oxygen atoms in total. The molecule has 3 rings (SSSR count). The van der Waals surface area contributed by atoms with E-state index in [1.54, 1.807) is 29.5 Å². The van der Waals surface area contributed by atoms with E-state index in [-0.39, 0.29) is 11.9 Å². The summed E-state index contributed by atoms with van der Waals surface area (Å²) in [7, 11) is 0. The Kier molecular flexibility index (Phi) is 4.12. The standard InChI is InChI=1S/C14H10BrN3O2S/c15-10-4-1-3-9(7-10)13(19)16-14-18-17-12(20-14)8-11-5-2-6-21-11/h1-7H,8H2,(H,16,18,19). The molecule has 0 spiro atoms. The van der Waals surface area contributed by atoms with Crippen molar-refractivity contribution in [2.75, 3.05) is 5.32 Å². The average Bonchev–Trinajstić information content (AvgIpc) is 3.11. The number of aromatic nitrogens is 2. The molecule has 7 heteroatoms. The number of carbonyl (C=O) groups excluding carboxylic acids is 1. The Labute approximate surface area is 133 Å². The molecule has 0 radical (unpaired) electrons. The molecule has 0 unspecified atom stereocenters. The van der Waals surface area contributed by atoms with Gasteiger partial charge in [-0.1, -0.05) is 33.2 Å². The second kappa shape index (κ2) is 6.19. The molecule has 1 aromatic carbocycles. The summed E-state index contributed by atoms with van der Waals surface area (Å²) in [6, 6.07) is 11.1. The van der Waals surface area contributed by atoms with E-state index in [1.165, 1.54) is 0 Å². The molecule has 1 amide bonds. The topological polar surface area (TPSA) is 68.0 Å². The minimum Gasteiger partial charge on any atom is -0.407 e. The minimum atomic E-state index is -0.289. The average molecular weight is 364 g/mol. The van der Waals surface area contributed by atoms with Crippen LogP contribution in [-0.2, 0) is 6.42 Å². The van der Waals surface area contributed by atoms with Crippen LogP contribution in [0.3, 0.4) is 0 Å². The van der Waals surface area contributed by atoms with Gasteiger partial charge in [0.2, 0.25) is 5.89 Å². The largest absolute Gasteiger partial charge is 0.407 e. The van der Waals surface area contributed by atoms with Crippen molar-refractivity contribution < 1.29 is 9.21 Å². The van der Waals surface area contributed by atoms with E-state index >= 15 is 0 Å². The molecule has 0 aliphatic rings. The van der Waals surface area contributed by atoms with Gasteiger partial charge in [0.25, 0.3) is 5.91 Å². The van der Waals surface area contributed by atoms with E-state index in [9.17, 15) is 4.79 Å². The molecule has 0 fully saturated rings. The van der Waals surface area contributed by atoms with Crippen molar-refractivity contribution in [2.45, 2.75) is 6.42 Å². The number of halogens is 1. The number of thiophene rings is 1. The number of benzene rings is 1. The van der Waals surface area contributed by atoms with Crippen molar-refractivity contribution in [1.82, 2.24) is 10.2 Å². The number of hydrogen-bond donors (Lipinski definition) is 1. The van der Waals surface area contributed by atoms with Crippen LogP contribution < -0.4 is 5.32 Å². The van der Waals surface area contributed by atoms with Gasteiger partial charge in [0, 0.05) is 14.9 Å². The summed E-state index contributed by atoms with van der Waals surface area (Å²) in [5.74, 6) is 0.185. The third-order valence-corrected chi connectivity index (χ3v) is 4.05. The molecule has 1 N–H and O–H groups in total. The zero-order valence-corrected chi connectivity index (χ0v) is 13.1. The number of nitrogens with zero attached hydrogens (tertiary/aromatic N) is 2. The van der Waals surface area contributed by atoms with Gasteiger partial charge in [0.15, 0.2) is 0 Å². The Bertz CT molecular complexity index is 755. The van der Waals surface area contributed by atoms with Crippen LogP contribution in [-0.4, -0.2) is 16.1 Å². The number of hydrogen-bond acceptors (Lipinski definition) is 5. The molecule has 0 bridgehead atoms. The van der Waals surface area contributed by atoms with Gasteiger partial charge in [-0.25, -0.2) is 0 Å². The predicted octanol–water partition coefficient (Wildman–Crippen LogP) is 3.74. The van der Waals surface area contributed by atoms with Gasteiger partial charge in [-0.3, -0.25) is 10.1 Å². The number of carbonyl (C=O) groups is 1. The first-order valence-corrected chi connectivity index (χ1v) is 7.79. The molecule has 0 aliphatic carbocycles. The lowest BCUT2D eigenvalue weighted by Gasteiger charge is -2.00. The van der Waals surface area contributed by atoms with Crippen LogP contribution in [0.5, 0.6) is 0 Å². The molecular weight excluding hydrogens is 354 g/mol. The van der Waals surface area contributed by atoms with Crippen molar-refractivity contribution >= 4 is 39.2 Å².